The van der Waals surface area contributed by atoms with E-state index in [-0.39, 0.29) is 12.3 Å². The molecule has 8 nitrogen and oxygen atoms in total. The molecule has 6 aromatic carbocycles. The average Bonchev–Trinajstić information content (AvgIpc) is 3.77. The van der Waals surface area contributed by atoms with Crippen LogP contribution in [-0.2, 0) is 13.1 Å². The van der Waals surface area contributed by atoms with Crippen molar-refractivity contribution in [1.82, 2.24) is 19.1 Å². The molecule has 0 spiro atoms. The largest absolute Gasteiger partial charge is 0.361 e. The van der Waals surface area contributed by atoms with Gasteiger partial charge in [-0.15, -0.1) is 0 Å². The van der Waals surface area contributed by atoms with Crippen LogP contribution in [0.4, 0.5) is 22.7 Å². The predicted molar refractivity (Wildman–Crippen MR) is 204 cm³/mol. The van der Waals surface area contributed by atoms with Crippen LogP contribution in [0.15, 0.2) is 133 Å². The first-order chi connectivity index (χ1) is 25.2. The number of hydrogen-bond donors (Lipinski definition) is 2. The molecule has 2 N–H and O–H groups in total. The Bertz CT molecular complexity index is 2550. The molecule has 2 bridgehead atoms. The van der Waals surface area contributed by atoms with Gasteiger partial charge in [0.05, 0.1) is 28.7 Å². The maximum Gasteiger partial charge on any atom is 0.145 e. The third-order valence-corrected chi connectivity index (χ3v) is 11.2. The van der Waals surface area contributed by atoms with Crippen LogP contribution in [0.2, 0.25) is 0 Å². The highest BCUT2D eigenvalue weighted by Crippen LogP contribution is 2.45. The second-order valence-corrected chi connectivity index (χ2v) is 14.1. The van der Waals surface area contributed by atoms with Gasteiger partial charge in [0.25, 0.3) is 0 Å². The van der Waals surface area contributed by atoms with E-state index >= 15 is 0 Å². The van der Waals surface area contributed by atoms with Crippen molar-refractivity contribution in [2.45, 2.75) is 25.4 Å². The molecular formula is C43H32N8. The number of benzene rings is 6. The fourth-order valence-electron chi connectivity index (χ4n) is 8.95. The first kappa shape index (κ1) is 27.3. The molecule has 8 heteroatoms. The summed E-state index contributed by atoms with van der Waals surface area (Å²) in [5.41, 5.74) is 16.6. The molecule has 2 unspecified atom stereocenters. The number of rotatable bonds is 2. The molecule has 2 aromatic heterocycles. The van der Waals surface area contributed by atoms with Crippen LogP contribution in [0.25, 0.3) is 44.8 Å². The summed E-state index contributed by atoms with van der Waals surface area (Å²) in [6.07, 6.45) is -0.127. The van der Waals surface area contributed by atoms with Crippen LogP contribution in [-0.4, -0.2) is 25.8 Å². The number of nitrogens with zero attached hydrogens (tertiary/aromatic N) is 6. The predicted octanol–water partition coefficient (Wildman–Crippen LogP) is 8.96. The van der Waals surface area contributed by atoms with Crippen LogP contribution < -0.4 is 20.4 Å². The molecule has 6 heterocycles. The lowest BCUT2D eigenvalue weighted by atomic mass is 9.96. The minimum absolute atomic E-state index is 0.0634. The summed E-state index contributed by atoms with van der Waals surface area (Å²) >= 11 is 0. The molecule has 12 rings (SSSR count). The highest BCUT2D eigenvalue weighted by Gasteiger charge is 2.34. The standard InChI is InChI=1S/C43H32N8/c1-3-11-32-30(9-1)42-46-34-13-5-7-15-38(34)50(42)40(44-32)26-17-19-36-28(21-26)23-48-25-49(36)24-29-22-27(18-20-37(29)48)41-45-33-12-4-2-10-31(33)43-47-35-14-6-8-16-39(35)51(41)43/h1-22,40-41,44-45H,23-25H2. The van der Waals surface area contributed by atoms with E-state index in [4.69, 9.17) is 9.97 Å². The quantitative estimate of drug-likeness (QED) is 0.193. The van der Waals surface area contributed by atoms with E-state index in [0.717, 1.165) is 76.0 Å². The molecule has 0 saturated carbocycles. The van der Waals surface area contributed by atoms with Crippen LogP contribution in [0, 0.1) is 0 Å². The SMILES string of the molecule is c1ccc2c(c1)NC(c1ccc3c(c1)CN1CN3Cc3cc(C4Nc5ccccc5-c5nc6ccccc6n54)ccc31)n1c-2nc2ccccc21. The molecule has 244 valence electrons. The molecule has 8 aromatic rings. The van der Waals surface area contributed by atoms with Gasteiger partial charge in [0.15, 0.2) is 0 Å². The first-order valence-electron chi connectivity index (χ1n) is 17.7. The second kappa shape index (κ2) is 10.0. The maximum atomic E-state index is 5.10. The normalized spacial score (nSPS) is 17.8. The second-order valence-electron chi connectivity index (χ2n) is 14.1. The molecular weight excluding hydrogens is 629 g/mol. The van der Waals surface area contributed by atoms with Gasteiger partial charge >= 0.3 is 0 Å². The van der Waals surface area contributed by atoms with E-state index in [1.807, 2.05) is 0 Å². The van der Waals surface area contributed by atoms with E-state index in [1.165, 1.54) is 33.6 Å². The lowest BCUT2D eigenvalue weighted by molar-refractivity contribution is 0.635. The van der Waals surface area contributed by atoms with Crippen LogP contribution in [0.5, 0.6) is 0 Å². The summed E-state index contributed by atoms with van der Waals surface area (Å²) in [5.74, 6) is 2.02. The molecule has 4 aliphatic rings. The van der Waals surface area contributed by atoms with Crippen molar-refractivity contribution >= 4 is 44.8 Å². The van der Waals surface area contributed by atoms with Crippen molar-refractivity contribution in [1.29, 1.82) is 0 Å². The van der Waals surface area contributed by atoms with Crippen molar-refractivity contribution in [3.05, 3.63) is 156 Å². The Balaban J connectivity index is 0.912. The average molecular weight is 661 g/mol. The minimum atomic E-state index is -0.0634. The number of nitrogens with one attached hydrogen (secondary N) is 2. The van der Waals surface area contributed by atoms with Gasteiger partial charge in [-0.1, -0.05) is 60.7 Å². The topological polar surface area (TPSA) is 66.2 Å². The van der Waals surface area contributed by atoms with Gasteiger partial charge in [-0.2, -0.15) is 0 Å². The van der Waals surface area contributed by atoms with Gasteiger partial charge in [0.2, 0.25) is 0 Å². The minimum Gasteiger partial charge on any atom is -0.361 e. The van der Waals surface area contributed by atoms with E-state index in [2.05, 4.69) is 163 Å². The monoisotopic (exact) mass is 660 g/mol. The molecule has 2 atom stereocenters. The van der Waals surface area contributed by atoms with Crippen LogP contribution in [0.1, 0.15) is 34.6 Å². The summed E-state index contributed by atoms with van der Waals surface area (Å²) in [5, 5.41) is 7.73. The Labute approximate surface area is 294 Å². The third-order valence-electron chi connectivity index (χ3n) is 11.2. The number of anilines is 4. The molecule has 0 radical (unpaired) electrons. The summed E-state index contributed by atoms with van der Waals surface area (Å²) < 4.78 is 4.74. The maximum absolute atomic E-state index is 5.10. The Morgan fingerprint density at radius 3 is 1.45 bits per heavy atom. The van der Waals surface area contributed by atoms with Crippen molar-refractivity contribution in [3.8, 4) is 22.8 Å². The summed E-state index contributed by atoms with van der Waals surface area (Å²) in [6.45, 7) is 2.60. The van der Waals surface area contributed by atoms with Crippen molar-refractivity contribution in [2.24, 2.45) is 0 Å². The Hall–Kier alpha value is -6.54. The highest BCUT2D eigenvalue weighted by atomic mass is 15.4. The van der Waals surface area contributed by atoms with Crippen molar-refractivity contribution in [2.75, 3.05) is 27.1 Å². The van der Waals surface area contributed by atoms with E-state index < -0.39 is 0 Å². The number of fused-ring (bicyclic) bond motifs is 16. The lowest BCUT2D eigenvalue weighted by Gasteiger charge is -2.45. The third kappa shape index (κ3) is 3.84. The molecule has 0 amide bonds. The number of para-hydroxylation sites is 6. The van der Waals surface area contributed by atoms with Gasteiger partial charge in [-0.25, -0.2) is 9.97 Å². The summed E-state index contributed by atoms with van der Waals surface area (Å²) in [4.78, 5) is 15.3. The van der Waals surface area contributed by atoms with Crippen LogP contribution >= 0.6 is 0 Å². The van der Waals surface area contributed by atoms with E-state index in [0.29, 0.717) is 0 Å². The van der Waals surface area contributed by atoms with Gasteiger partial charge in [0.1, 0.15) is 24.0 Å². The number of imidazole rings is 2. The number of aromatic nitrogens is 4. The molecule has 0 fully saturated rings. The molecule has 51 heavy (non-hydrogen) atoms. The Kier molecular flexibility index (Phi) is 5.36. The van der Waals surface area contributed by atoms with Crippen LogP contribution in [0.3, 0.4) is 0 Å². The molecule has 0 saturated heterocycles. The Morgan fingerprint density at radius 1 is 0.490 bits per heavy atom. The number of hydrogen-bond acceptors (Lipinski definition) is 6. The Morgan fingerprint density at radius 2 is 0.941 bits per heavy atom. The van der Waals surface area contributed by atoms with Gasteiger partial charge < -0.3 is 20.4 Å². The van der Waals surface area contributed by atoms with E-state index in [1.54, 1.807) is 0 Å². The smallest absolute Gasteiger partial charge is 0.145 e. The van der Waals surface area contributed by atoms with Crippen molar-refractivity contribution < 1.29 is 0 Å². The van der Waals surface area contributed by atoms with E-state index in [9.17, 15) is 0 Å². The van der Waals surface area contributed by atoms with Gasteiger partial charge in [0, 0.05) is 47.0 Å². The van der Waals surface area contributed by atoms with Gasteiger partial charge in [-0.3, -0.25) is 9.13 Å². The molecule has 4 aliphatic heterocycles. The fraction of sp³-hybridized carbons (Fsp3) is 0.116. The first-order valence-corrected chi connectivity index (χ1v) is 17.7. The summed E-state index contributed by atoms with van der Waals surface area (Å²) in [7, 11) is 0. The zero-order chi connectivity index (χ0) is 33.2. The molecule has 0 aliphatic carbocycles. The van der Waals surface area contributed by atoms with Crippen molar-refractivity contribution in [3.63, 3.8) is 0 Å². The van der Waals surface area contributed by atoms with Gasteiger partial charge in [-0.05, 0) is 95.1 Å². The zero-order valence-electron chi connectivity index (χ0n) is 27.7. The lowest BCUT2D eigenvalue weighted by Crippen LogP contribution is -2.46. The fourth-order valence-corrected chi connectivity index (χ4v) is 8.95. The zero-order valence-corrected chi connectivity index (χ0v) is 27.7. The summed E-state index contributed by atoms with van der Waals surface area (Å²) in [6, 6.07) is 48.0. The highest BCUT2D eigenvalue weighted by molar-refractivity contribution is 5.88.